The van der Waals surface area contributed by atoms with Crippen molar-refractivity contribution in [3.63, 3.8) is 0 Å². The third-order valence-corrected chi connectivity index (χ3v) is 5.17. The van der Waals surface area contributed by atoms with Gasteiger partial charge in [0.25, 0.3) is 0 Å². The van der Waals surface area contributed by atoms with E-state index < -0.39 is 0 Å². The quantitative estimate of drug-likeness (QED) is 0.659. The molecule has 1 aromatic heterocycles. The average Bonchev–Trinajstić information content (AvgIpc) is 3.00. The Bertz CT molecular complexity index is 868. The maximum absolute atomic E-state index is 14.3. The van der Waals surface area contributed by atoms with E-state index in [-0.39, 0.29) is 11.9 Å². The third-order valence-electron chi connectivity index (χ3n) is 5.17. The molecule has 0 bridgehead atoms. The van der Waals surface area contributed by atoms with Gasteiger partial charge in [0.1, 0.15) is 5.82 Å². The van der Waals surface area contributed by atoms with Gasteiger partial charge in [-0.3, -0.25) is 4.90 Å². The van der Waals surface area contributed by atoms with E-state index in [2.05, 4.69) is 59.0 Å². The number of rotatable bonds is 3. The Kier molecular flexibility index (Phi) is 4.41. The van der Waals surface area contributed by atoms with Crippen LogP contribution in [0.15, 0.2) is 66.9 Å². The first kappa shape index (κ1) is 16.1. The van der Waals surface area contributed by atoms with Crippen LogP contribution in [0.25, 0.3) is 0 Å². The summed E-state index contributed by atoms with van der Waals surface area (Å²) in [7, 11) is 0. The average molecular weight is 334 g/mol. The zero-order valence-electron chi connectivity index (χ0n) is 14.5. The van der Waals surface area contributed by atoms with Gasteiger partial charge in [-0.15, -0.1) is 0 Å². The molecule has 0 fully saturated rings. The molecule has 0 radical (unpaired) electrons. The molecule has 25 heavy (non-hydrogen) atoms. The van der Waals surface area contributed by atoms with E-state index >= 15 is 0 Å². The fourth-order valence-corrected chi connectivity index (χ4v) is 3.90. The second-order valence-electron chi connectivity index (χ2n) is 6.80. The van der Waals surface area contributed by atoms with Gasteiger partial charge in [0.2, 0.25) is 0 Å². The predicted octanol–water partition coefficient (Wildman–Crippen LogP) is 4.93. The van der Waals surface area contributed by atoms with Crippen LogP contribution in [-0.2, 0) is 13.1 Å². The fourth-order valence-electron chi connectivity index (χ4n) is 3.90. The summed E-state index contributed by atoms with van der Waals surface area (Å²) >= 11 is 0. The minimum Gasteiger partial charge on any atom is -0.350 e. The fraction of sp³-hybridized carbons (Fsp3) is 0.273. The van der Waals surface area contributed by atoms with Gasteiger partial charge in [-0.05, 0) is 42.7 Å². The van der Waals surface area contributed by atoms with Crippen LogP contribution in [0.2, 0.25) is 0 Å². The van der Waals surface area contributed by atoms with E-state index in [4.69, 9.17) is 0 Å². The summed E-state index contributed by atoms with van der Waals surface area (Å²) in [4.78, 5) is 2.42. The van der Waals surface area contributed by atoms with Crippen LogP contribution in [0.4, 0.5) is 4.39 Å². The highest BCUT2D eigenvalue weighted by Crippen LogP contribution is 2.34. The molecule has 4 rings (SSSR count). The van der Waals surface area contributed by atoms with E-state index in [0.717, 1.165) is 25.1 Å². The molecule has 0 saturated heterocycles. The van der Waals surface area contributed by atoms with Crippen LogP contribution in [0, 0.1) is 12.7 Å². The van der Waals surface area contributed by atoms with Gasteiger partial charge in [0, 0.05) is 37.1 Å². The van der Waals surface area contributed by atoms with E-state index in [9.17, 15) is 4.39 Å². The smallest absolute Gasteiger partial charge is 0.127 e. The molecule has 1 atom stereocenters. The maximum atomic E-state index is 14.3. The Balaban J connectivity index is 1.78. The summed E-state index contributed by atoms with van der Waals surface area (Å²) < 4.78 is 16.6. The number of aryl methyl sites for hydroxylation is 2. The van der Waals surface area contributed by atoms with Crippen molar-refractivity contribution in [2.45, 2.75) is 32.5 Å². The highest BCUT2D eigenvalue weighted by atomic mass is 19.1. The van der Waals surface area contributed by atoms with Gasteiger partial charge in [0.05, 0.1) is 6.04 Å². The Labute approximate surface area is 148 Å². The lowest BCUT2D eigenvalue weighted by molar-refractivity contribution is 0.217. The second kappa shape index (κ2) is 6.85. The molecule has 0 amide bonds. The first-order valence-electron chi connectivity index (χ1n) is 8.92. The van der Waals surface area contributed by atoms with Gasteiger partial charge >= 0.3 is 0 Å². The Morgan fingerprint density at radius 3 is 2.60 bits per heavy atom. The molecular weight excluding hydrogens is 311 g/mol. The van der Waals surface area contributed by atoms with Crippen LogP contribution in [0.1, 0.15) is 34.8 Å². The zero-order chi connectivity index (χ0) is 17.2. The normalized spacial score (nSPS) is 17.9. The number of hydrogen-bond acceptors (Lipinski definition) is 1. The molecule has 2 heterocycles. The molecule has 0 saturated carbocycles. The Hall–Kier alpha value is -2.39. The molecule has 2 nitrogen and oxygen atoms in total. The van der Waals surface area contributed by atoms with Crippen LogP contribution >= 0.6 is 0 Å². The van der Waals surface area contributed by atoms with Crippen molar-refractivity contribution in [2.75, 3.05) is 6.54 Å². The van der Waals surface area contributed by atoms with Crippen molar-refractivity contribution < 1.29 is 4.39 Å². The van der Waals surface area contributed by atoms with E-state index in [0.29, 0.717) is 6.54 Å². The predicted molar refractivity (Wildman–Crippen MR) is 98.9 cm³/mol. The van der Waals surface area contributed by atoms with Crippen molar-refractivity contribution >= 4 is 0 Å². The van der Waals surface area contributed by atoms with Crippen molar-refractivity contribution in [2.24, 2.45) is 0 Å². The summed E-state index contributed by atoms with van der Waals surface area (Å²) in [6.07, 6.45) is 3.23. The summed E-state index contributed by atoms with van der Waals surface area (Å²) in [6.45, 7) is 4.75. The SMILES string of the molecule is Cc1ccccc1[C@@H]1c2cccn2CCCN1Cc1ccccc1F. The third kappa shape index (κ3) is 3.12. The van der Waals surface area contributed by atoms with Crippen molar-refractivity contribution in [3.8, 4) is 0 Å². The monoisotopic (exact) mass is 334 g/mol. The number of aromatic nitrogens is 1. The number of nitrogens with zero attached hydrogens (tertiary/aromatic N) is 2. The van der Waals surface area contributed by atoms with Crippen LogP contribution < -0.4 is 0 Å². The number of fused-ring (bicyclic) bond motifs is 1. The number of hydrogen-bond donors (Lipinski definition) is 0. The number of benzene rings is 2. The lowest BCUT2D eigenvalue weighted by Crippen LogP contribution is -2.30. The molecule has 3 heteroatoms. The lowest BCUT2D eigenvalue weighted by atomic mass is 9.96. The number of halogens is 1. The molecule has 2 aromatic carbocycles. The van der Waals surface area contributed by atoms with E-state index in [1.54, 1.807) is 12.1 Å². The zero-order valence-corrected chi connectivity index (χ0v) is 14.5. The molecule has 1 aliphatic rings. The van der Waals surface area contributed by atoms with Gasteiger partial charge in [-0.25, -0.2) is 4.39 Å². The summed E-state index contributed by atoms with van der Waals surface area (Å²) in [5.41, 5.74) is 4.64. The molecule has 128 valence electrons. The lowest BCUT2D eigenvalue weighted by Gasteiger charge is -2.31. The summed E-state index contributed by atoms with van der Waals surface area (Å²) in [6, 6.07) is 20.1. The minimum absolute atomic E-state index is 0.120. The molecule has 0 spiro atoms. The molecule has 1 aliphatic heterocycles. The molecule has 0 unspecified atom stereocenters. The van der Waals surface area contributed by atoms with Crippen LogP contribution in [-0.4, -0.2) is 16.0 Å². The van der Waals surface area contributed by atoms with Crippen molar-refractivity contribution in [1.82, 2.24) is 9.47 Å². The maximum Gasteiger partial charge on any atom is 0.127 e. The highest BCUT2D eigenvalue weighted by molar-refractivity contribution is 5.36. The molecule has 3 aromatic rings. The summed E-state index contributed by atoms with van der Waals surface area (Å²) in [5, 5.41) is 0. The van der Waals surface area contributed by atoms with Gasteiger partial charge < -0.3 is 4.57 Å². The van der Waals surface area contributed by atoms with Crippen LogP contribution in [0.5, 0.6) is 0 Å². The second-order valence-corrected chi connectivity index (χ2v) is 6.80. The first-order chi connectivity index (χ1) is 12.2. The van der Waals surface area contributed by atoms with Crippen LogP contribution in [0.3, 0.4) is 0 Å². The molecule has 0 N–H and O–H groups in total. The van der Waals surface area contributed by atoms with Gasteiger partial charge in [-0.1, -0.05) is 42.5 Å². The largest absolute Gasteiger partial charge is 0.350 e. The Morgan fingerprint density at radius 1 is 0.960 bits per heavy atom. The first-order valence-corrected chi connectivity index (χ1v) is 8.92. The van der Waals surface area contributed by atoms with Gasteiger partial charge in [-0.2, -0.15) is 0 Å². The minimum atomic E-state index is -0.120. The summed E-state index contributed by atoms with van der Waals surface area (Å²) in [5.74, 6) is -0.120. The topological polar surface area (TPSA) is 8.17 Å². The Morgan fingerprint density at radius 2 is 1.76 bits per heavy atom. The molecular formula is C22H23FN2. The molecule has 0 aliphatic carbocycles. The van der Waals surface area contributed by atoms with Crippen molar-refractivity contribution in [1.29, 1.82) is 0 Å². The van der Waals surface area contributed by atoms with Crippen molar-refractivity contribution in [3.05, 3.63) is 95.1 Å². The van der Waals surface area contributed by atoms with E-state index in [1.165, 1.54) is 16.8 Å². The van der Waals surface area contributed by atoms with Gasteiger partial charge in [0.15, 0.2) is 0 Å². The standard InChI is InChI=1S/C22H23FN2/c1-17-8-2-4-10-19(17)22-21-12-6-13-24(21)14-7-15-25(22)16-18-9-3-5-11-20(18)23/h2-6,8-13,22H,7,14-16H2,1H3/t22-/m1/s1. The van der Waals surface area contributed by atoms with E-state index in [1.807, 2.05) is 12.1 Å². The highest BCUT2D eigenvalue weighted by Gasteiger charge is 2.28.